The normalized spacial score (nSPS) is 16.1. The molecule has 0 saturated carbocycles. The molecule has 1 N–H and O–H groups in total. The lowest BCUT2D eigenvalue weighted by atomic mass is 10.1. The average molecular weight is 359 g/mol. The van der Waals surface area contributed by atoms with Gasteiger partial charge in [0.05, 0.1) is 5.39 Å². The van der Waals surface area contributed by atoms with Gasteiger partial charge in [0.25, 0.3) is 5.91 Å². The van der Waals surface area contributed by atoms with Crippen molar-refractivity contribution in [2.24, 2.45) is 0 Å². The standard InChI is InChI=1S/C18H25N5OS/c1-5-12(3)20-18(24)16-21-15-14(11(2)10-13(4)19-15)17(22-16)23-6-8-25-9-7-23/h10,12H,5-9H2,1-4H3,(H,20,24)/t12-/m0/s1. The maximum atomic E-state index is 12.6. The van der Waals surface area contributed by atoms with E-state index in [-0.39, 0.29) is 17.8 Å². The Morgan fingerprint density at radius 3 is 2.68 bits per heavy atom. The minimum atomic E-state index is -0.232. The van der Waals surface area contributed by atoms with Gasteiger partial charge in [0.15, 0.2) is 5.65 Å². The molecule has 2 aromatic heterocycles. The van der Waals surface area contributed by atoms with Crippen LogP contribution in [0.3, 0.4) is 0 Å². The van der Waals surface area contributed by atoms with Crippen LogP contribution in [0, 0.1) is 13.8 Å². The first-order valence-electron chi connectivity index (χ1n) is 8.79. The molecule has 0 bridgehead atoms. The van der Waals surface area contributed by atoms with Gasteiger partial charge in [0.2, 0.25) is 5.82 Å². The van der Waals surface area contributed by atoms with Gasteiger partial charge in [0, 0.05) is 36.3 Å². The van der Waals surface area contributed by atoms with E-state index in [2.05, 4.69) is 32.1 Å². The first-order valence-corrected chi connectivity index (χ1v) is 9.94. The fraction of sp³-hybridized carbons (Fsp3) is 0.556. The first-order chi connectivity index (χ1) is 12.0. The Hall–Kier alpha value is -1.89. The smallest absolute Gasteiger partial charge is 0.289 e. The largest absolute Gasteiger partial charge is 0.354 e. The van der Waals surface area contributed by atoms with Gasteiger partial charge < -0.3 is 10.2 Å². The van der Waals surface area contributed by atoms with Gasteiger partial charge in [-0.15, -0.1) is 0 Å². The van der Waals surface area contributed by atoms with Crippen molar-refractivity contribution in [3.8, 4) is 0 Å². The number of carbonyl (C=O) groups is 1. The SMILES string of the molecule is CC[C@H](C)NC(=O)c1nc(N2CCSCC2)c2c(C)cc(C)nc2n1. The van der Waals surface area contributed by atoms with E-state index in [1.54, 1.807) is 0 Å². The maximum Gasteiger partial charge on any atom is 0.289 e. The number of aryl methyl sites for hydroxylation is 2. The number of rotatable bonds is 4. The van der Waals surface area contributed by atoms with Gasteiger partial charge >= 0.3 is 0 Å². The molecule has 1 aliphatic heterocycles. The molecule has 25 heavy (non-hydrogen) atoms. The van der Waals surface area contributed by atoms with Crippen LogP contribution < -0.4 is 10.2 Å². The molecule has 0 aliphatic carbocycles. The van der Waals surface area contributed by atoms with E-state index in [1.165, 1.54) is 0 Å². The molecule has 0 unspecified atom stereocenters. The van der Waals surface area contributed by atoms with E-state index in [0.29, 0.717) is 5.65 Å². The molecule has 1 amide bonds. The summed E-state index contributed by atoms with van der Waals surface area (Å²) in [4.78, 5) is 28.5. The summed E-state index contributed by atoms with van der Waals surface area (Å²) in [7, 11) is 0. The molecule has 0 spiro atoms. The number of nitrogens with one attached hydrogen (secondary N) is 1. The Bertz CT molecular complexity index is 789. The second kappa shape index (κ2) is 7.56. The highest BCUT2D eigenvalue weighted by Gasteiger charge is 2.22. The predicted octanol–water partition coefficient (Wildman–Crippen LogP) is 2.72. The van der Waals surface area contributed by atoms with Gasteiger partial charge in [-0.1, -0.05) is 6.92 Å². The van der Waals surface area contributed by atoms with Gasteiger partial charge in [0.1, 0.15) is 5.82 Å². The number of pyridine rings is 1. The molecule has 2 aromatic rings. The van der Waals surface area contributed by atoms with Crippen LogP contribution in [0.15, 0.2) is 6.07 Å². The van der Waals surface area contributed by atoms with Crippen molar-refractivity contribution in [2.75, 3.05) is 29.5 Å². The summed E-state index contributed by atoms with van der Waals surface area (Å²) in [6.07, 6.45) is 0.867. The second-order valence-corrected chi connectivity index (χ2v) is 7.76. The molecule has 3 heterocycles. The fourth-order valence-electron chi connectivity index (χ4n) is 2.95. The van der Waals surface area contributed by atoms with E-state index >= 15 is 0 Å². The zero-order valence-electron chi connectivity index (χ0n) is 15.3. The van der Waals surface area contributed by atoms with Crippen molar-refractivity contribution in [2.45, 2.75) is 40.2 Å². The maximum absolute atomic E-state index is 12.6. The van der Waals surface area contributed by atoms with Crippen molar-refractivity contribution in [1.82, 2.24) is 20.3 Å². The fourth-order valence-corrected chi connectivity index (χ4v) is 3.85. The van der Waals surface area contributed by atoms with Crippen LogP contribution >= 0.6 is 11.8 Å². The molecule has 1 saturated heterocycles. The average Bonchev–Trinajstić information content (AvgIpc) is 2.60. The second-order valence-electron chi connectivity index (χ2n) is 6.53. The molecular weight excluding hydrogens is 334 g/mol. The summed E-state index contributed by atoms with van der Waals surface area (Å²) < 4.78 is 0. The molecule has 1 fully saturated rings. The highest BCUT2D eigenvalue weighted by molar-refractivity contribution is 7.99. The number of amides is 1. The summed E-state index contributed by atoms with van der Waals surface area (Å²) >= 11 is 1.95. The Labute approximate surface area is 152 Å². The quantitative estimate of drug-likeness (QED) is 0.905. The number of aromatic nitrogens is 3. The summed E-state index contributed by atoms with van der Waals surface area (Å²) in [5.74, 6) is 2.95. The Morgan fingerprint density at radius 2 is 2.00 bits per heavy atom. The van der Waals surface area contributed by atoms with Crippen LogP contribution in [0.25, 0.3) is 11.0 Å². The number of anilines is 1. The number of carbonyl (C=O) groups excluding carboxylic acids is 1. The van der Waals surface area contributed by atoms with Crippen LogP contribution in [-0.2, 0) is 0 Å². The van der Waals surface area contributed by atoms with Crippen LogP contribution in [0.1, 0.15) is 42.1 Å². The number of fused-ring (bicyclic) bond motifs is 1. The third-order valence-corrected chi connectivity index (χ3v) is 5.42. The molecular formula is C18H25N5OS. The molecule has 3 rings (SSSR count). The zero-order valence-corrected chi connectivity index (χ0v) is 16.1. The third kappa shape index (κ3) is 3.86. The molecule has 1 atom stereocenters. The summed E-state index contributed by atoms with van der Waals surface area (Å²) in [5, 5.41) is 3.91. The Kier molecular flexibility index (Phi) is 5.42. The molecule has 0 aromatic carbocycles. The van der Waals surface area contributed by atoms with Crippen LogP contribution in [0.4, 0.5) is 5.82 Å². The van der Waals surface area contributed by atoms with Gasteiger partial charge in [-0.2, -0.15) is 11.8 Å². The topological polar surface area (TPSA) is 71.0 Å². The third-order valence-electron chi connectivity index (χ3n) is 4.48. The Balaban J connectivity index is 2.11. The number of hydrogen-bond acceptors (Lipinski definition) is 6. The lowest BCUT2D eigenvalue weighted by molar-refractivity contribution is 0.0929. The lowest BCUT2D eigenvalue weighted by Gasteiger charge is -2.29. The van der Waals surface area contributed by atoms with Crippen molar-refractivity contribution < 1.29 is 4.79 Å². The summed E-state index contributed by atoms with van der Waals surface area (Å²) in [6, 6.07) is 2.14. The predicted molar refractivity (Wildman–Crippen MR) is 104 cm³/mol. The van der Waals surface area contributed by atoms with E-state index in [1.807, 2.05) is 38.6 Å². The lowest BCUT2D eigenvalue weighted by Crippen LogP contribution is -2.36. The minimum absolute atomic E-state index is 0.0915. The molecule has 0 radical (unpaired) electrons. The van der Waals surface area contributed by atoms with Gasteiger partial charge in [-0.25, -0.2) is 15.0 Å². The summed E-state index contributed by atoms with van der Waals surface area (Å²) in [5.41, 5.74) is 2.61. The molecule has 134 valence electrons. The van der Waals surface area contributed by atoms with Crippen molar-refractivity contribution in [1.29, 1.82) is 0 Å². The molecule has 1 aliphatic rings. The number of nitrogens with zero attached hydrogens (tertiary/aromatic N) is 4. The highest BCUT2D eigenvalue weighted by Crippen LogP contribution is 2.28. The van der Waals surface area contributed by atoms with Crippen LogP contribution in [-0.4, -0.2) is 51.5 Å². The number of thioether (sulfide) groups is 1. The summed E-state index contributed by atoms with van der Waals surface area (Å²) in [6.45, 7) is 9.88. The first kappa shape index (κ1) is 17.9. The van der Waals surface area contributed by atoms with Crippen molar-refractivity contribution >= 4 is 34.5 Å². The minimum Gasteiger partial charge on any atom is -0.354 e. The van der Waals surface area contributed by atoms with Crippen molar-refractivity contribution in [3.05, 3.63) is 23.1 Å². The zero-order chi connectivity index (χ0) is 18.0. The van der Waals surface area contributed by atoms with Gasteiger partial charge in [-0.05, 0) is 38.8 Å². The van der Waals surface area contributed by atoms with E-state index in [0.717, 1.165) is 53.5 Å². The van der Waals surface area contributed by atoms with E-state index in [9.17, 15) is 4.79 Å². The van der Waals surface area contributed by atoms with Crippen LogP contribution in [0.5, 0.6) is 0 Å². The van der Waals surface area contributed by atoms with Gasteiger partial charge in [-0.3, -0.25) is 4.79 Å². The number of hydrogen-bond donors (Lipinski definition) is 1. The molecule has 6 nitrogen and oxygen atoms in total. The Morgan fingerprint density at radius 1 is 1.28 bits per heavy atom. The van der Waals surface area contributed by atoms with Crippen LogP contribution in [0.2, 0.25) is 0 Å². The van der Waals surface area contributed by atoms with Crippen molar-refractivity contribution in [3.63, 3.8) is 0 Å². The highest BCUT2D eigenvalue weighted by atomic mass is 32.2. The van der Waals surface area contributed by atoms with E-state index in [4.69, 9.17) is 0 Å². The molecule has 7 heteroatoms. The van der Waals surface area contributed by atoms with E-state index < -0.39 is 0 Å². The monoisotopic (exact) mass is 359 g/mol.